The van der Waals surface area contributed by atoms with Gasteiger partial charge in [0.2, 0.25) is 5.91 Å². The molecule has 1 aromatic carbocycles. The van der Waals surface area contributed by atoms with Crippen molar-refractivity contribution in [1.29, 1.82) is 0 Å². The molecule has 0 bridgehead atoms. The van der Waals surface area contributed by atoms with Gasteiger partial charge in [-0.25, -0.2) is 0 Å². The Morgan fingerprint density at radius 3 is 2.42 bits per heavy atom. The molecule has 2 nitrogen and oxygen atoms in total. The molecule has 3 heteroatoms. The minimum Gasteiger partial charge on any atom is -0.342 e. The van der Waals surface area contributed by atoms with Crippen molar-refractivity contribution in [2.45, 2.75) is 38.4 Å². The number of carbonyl (C=O) groups excluding carboxylic acids is 1. The van der Waals surface area contributed by atoms with Crippen molar-refractivity contribution in [3.63, 3.8) is 0 Å². The van der Waals surface area contributed by atoms with Crippen molar-refractivity contribution in [3.8, 4) is 0 Å². The fraction of sp³-hybridized carbons (Fsp3) is 0.562. The first-order chi connectivity index (χ1) is 8.98. The topological polar surface area (TPSA) is 20.3 Å². The fourth-order valence-electron chi connectivity index (χ4n) is 2.47. The molecule has 0 aliphatic carbocycles. The molecule has 2 rings (SSSR count). The Kier molecular flexibility index (Phi) is 4.56. The zero-order chi connectivity index (χ0) is 13.9. The molecule has 1 aliphatic heterocycles. The van der Waals surface area contributed by atoms with Gasteiger partial charge in [-0.3, -0.25) is 4.79 Å². The first kappa shape index (κ1) is 14.4. The van der Waals surface area contributed by atoms with Crippen molar-refractivity contribution in [2.24, 2.45) is 5.41 Å². The maximum Gasteiger partial charge on any atom is 0.235 e. The number of amides is 1. The van der Waals surface area contributed by atoms with E-state index in [2.05, 4.69) is 38.6 Å². The molecular formula is C16H23NOS. The van der Waals surface area contributed by atoms with Crippen LogP contribution in [0.4, 0.5) is 0 Å². The first-order valence-corrected chi connectivity index (χ1v) is 7.50. The van der Waals surface area contributed by atoms with Gasteiger partial charge in [0, 0.05) is 13.1 Å². The Labute approximate surface area is 121 Å². The number of carbonyl (C=O) groups is 1. The number of hydrogen-bond donors (Lipinski definition) is 1. The molecule has 0 aromatic heterocycles. The number of hydrogen-bond acceptors (Lipinski definition) is 2. The molecule has 1 aliphatic rings. The van der Waals surface area contributed by atoms with Crippen LogP contribution in [-0.4, -0.2) is 29.1 Å². The molecule has 1 atom stereocenters. The lowest BCUT2D eigenvalue weighted by Gasteiger charge is -2.37. The normalized spacial score (nSPS) is 20.1. The lowest BCUT2D eigenvalue weighted by molar-refractivity contribution is -0.132. The molecule has 0 spiro atoms. The smallest absolute Gasteiger partial charge is 0.235 e. The standard InChI is InChI=1S/C16H23NOS/c1-16(2)8-10-17(11-9-16)15(18)14(19)12-13-6-4-3-5-7-13/h3-7,14,19H,8-12H2,1-2H3. The number of thiol groups is 1. The van der Waals surface area contributed by atoms with Crippen LogP contribution in [0.25, 0.3) is 0 Å². The summed E-state index contributed by atoms with van der Waals surface area (Å²) in [7, 11) is 0. The van der Waals surface area contributed by atoms with E-state index in [1.807, 2.05) is 23.1 Å². The summed E-state index contributed by atoms with van der Waals surface area (Å²) in [5.74, 6) is 0.183. The van der Waals surface area contributed by atoms with E-state index in [1.54, 1.807) is 0 Å². The van der Waals surface area contributed by atoms with Crippen LogP contribution in [0.5, 0.6) is 0 Å². The number of likely N-dealkylation sites (tertiary alicyclic amines) is 1. The third-order valence-corrected chi connectivity index (χ3v) is 4.39. The minimum absolute atomic E-state index is 0.183. The molecule has 104 valence electrons. The Hall–Kier alpha value is -0.960. The highest BCUT2D eigenvalue weighted by molar-refractivity contribution is 7.81. The molecule has 19 heavy (non-hydrogen) atoms. The molecule has 1 heterocycles. The zero-order valence-electron chi connectivity index (χ0n) is 11.8. The predicted molar refractivity (Wildman–Crippen MR) is 82.5 cm³/mol. The highest BCUT2D eigenvalue weighted by Crippen LogP contribution is 2.30. The Balaban J connectivity index is 1.89. The highest BCUT2D eigenvalue weighted by Gasteiger charge is 2.30. The van der Waals surface area contributed by atoms with Crippen molar-refractivity contribution >= 4 is 18.5 Å². The Bertz CT molecular complexity index is 420. The number of benzene rings is 1. The van der Waals surface area contributed by atoms with Gasteiger partial charge in [0.05, 0.1) is 5.25 Å². The van der Waals surface area contributed by atoms with Gasteiger partial charge < -0.3 is 4.90 Å². The number of piperidine rings is 1. The van der Waals surface area contributed by atoms with Crippen molar-refractivity contribution in [2.75, 3.05) is 13.1 Å². The van der Waals surface area contributed by atoms with Crippen LogP contribution in [0.1, 0.15) is 32.3 Å². The number of rotatable bonds is 3. The summed E-state index contributed by atoms with van der Waals surface area (Å²) in [4.78, 5) is 14.3. The lowest BCUT2D eigenvalue weighted by atomic mass is 9.82. The van der Waals surface area contributed by atoms with Crippen molar-refractivity contribution in [1.82, 2.24) is 4.90 Å². The van der Waals surface area contributed by atoms with Crippen LogP contribution in [-0.2, 0) is 11.2 Å². The van der Waals surface area contributed by atoms with E-state index in [0.717, 1.165) is 25.9 Å². The summed E-state index contributed by atoms with van der Waals surface area (Å²) in [6, 6.07) is 10.1. The van der Waals surface area contributed by atoms with E-state index in [1.165, 1.54) is 5.56 Å². The van der Waals surface area contributed by atoms with Gasteiger partial charge >= 0.3 is 0 Å². The van der Waals surface area contributed by atoms with Crippen LogP contribution >= 0.6 is 12.6 Å². The second kappa shape index (κ2) is 6.00. The summed E-state index contributed by atoms with van der Waals surface area (Å²) in [6.07, 6.45) is 2.89. The molecule has 0 radical (unpaired) electrons. The molecule has 0 saturated carbocycles. The van der Waals surface area contributed by atoms with Gasteiger partial charge in [-0.2, -0.15) is 12.6 Å². The second-order valence-electron chi connectivity index (χ2n) is 6.20. The third kappa shape index (κ3) is 4.00. The quantitative estimate of drug-likeness (QED) is 0.841. The van der Waals surface area contributed by atoms with E-state index in [0.29, 0.717) is 11.8 Å². The van der Waals surface area contributed by atoms with E-state index in [4.69, 9.17) is 0 Å². The van der Waals surface area contributed by atoms with E-state index < -0.39 is 0 Å². The van der Waals surface area contributed by atoms with E-state index in [9.17, 15) is 4.79 Å². The minimum atomic E-state index is -0.219. The molecule has 1 unspecified atom stereocenters. The van der Waals surface area contributed by atoms with Gasteiger partial charge in [-0.15, -0.1) is 0 Å². The monoisotopic (exact) mass is 277 g/mol. The molecular weight excluding hydrogens is 254 g/mol. The molecule has 1 amide bonds. The van der Waals surface area contributed by atoms with Gasteiger partial charge in [-0.1, -0.05) is 44.2 Å². The maximum atomic E-state index is 12.4. The average Bonchev–Trinajstić information content (AvgIpc) is 2.39. The largest absolute Gasteiger partial charge is 0.342 e. The summed E-state index contributed by atoms with van der Waals surface area (Å²) in [5, 5.41) is -0.219. The molecule has 0 N–H and O–H groups in total. The fourth-order valence-corrected chi connectivity index (χ4v) is 2.84. The predicted octanol–water partition coefficient (Wildman–Crippen LogP) is 3.18. The lowest BCUT2D eigenvalue weighted by Crippen LogP contribution is -2.44. The first-order valence-electron chi connectivity index (χ1n) is 6.99. The summed E-state index contributed by atoms with van der Waals surface area (Å²) in [6.45, 7) is 6.29. The van der Waals surface area contributed by atoms with Crippen LogP contribution in [0.3, 0.4) is 0 Å². The van der Waals surface area contributed by atoms with Crippen LogP contribution in [0.15, 0.2) is 30.3 Å². The van der Waals surface area contributed by atoms with Crippen LogP contribution < -0.4 is 0 Å². The average molecular weight is 277 g/mol. The van der Waals surface area contributed by atoms with Gasteiger partial charge in [0.15, 0.2) is 0 Å². The molecule has 1 fully saturated rings. The molecule has 1 saturated heterocycles. The third-order valence-electron chi connectivity index (χ3n) is 3.99. The number of nitrogens with zero attached hydrogens (tertiary/aromatic N) is 1. The second-order valence-corrected chi connectivity index (χ2v) is 6.82. The summed E-state index contributed by atoms with van der Waals surface area (Å²) in [5.41, 5.74) is 1.55. The van der Waals surface area contributed by atoms with Crippen molar-refractivity contribution < 1.29 is 4.79 Å². The Morgan fingerprint density at radius 2 is 1.84 bits per heavy atom. The van der Waals surface area contributed by atoms with Crippen molar-refractivity contribution in [3.05, 3.63) is 35.9 Å². The highest BCUT2D eigenvalue weighted by atomic mass is 32.1. The van der Waals surface area contributed by atoms with Crippen LogP contribution in [0.2, 0.25) is 0 Å². The van der Waals surface area contributed by atoms with Gasteiger partial charge in [0.1, 0.15) is 0 Å². The maximum absolute atomic E-state index is 12.4. The summed E-state index contributed by atoms with van der Waals surface area (Å²) < 4.78 is 0. The molecule has 1 aromatic rings. The van der Waals surface area contributed by atoms with E-state index in [-0.39, 0.29) is 11.2 Å². The zero-order valence-corrected chi connectivity index (χ0v) is 12.7. The summed E-state index contributed by atoms with van der Waals surface area (Å²) >= 11 is 4.50. The van der Waals surface area contributed by atoms with Gasteiger partial charge in [0.25, 0.3) is 0 Å². The Morgan fingerprint density at radius 1 is 1.26 bits per heavy atom. The van der Waals surface area contributed by atoms with E-state index >= 15 is 0 Å². The van der Waals surface area contributed by atoms with Crippen LogP contribution in [0, 0.1) is 5.41 Å². The SMILES string of the molecule is CC1(C)CCN(C(=O)C(S)Cc2ccccc2)CC1. The van der Waals surface area contributed by atoms with Gasteiger partial charge in [-0.05, 0) is 30.2 Å².